The second kappa shape index (κ2) is 11.5. The van der Waals surface area contributed by atoms with Crippen LogP contribution in [-0.4, -0.2) is 67.5 Å². The minimum Gasteiger partial charge on any atom is -0.504 e. The molecule has 3 atom stereocenters. The molecule has 0 aliphatic carbocycles. The molecule has 1 fully saturated rings. The first kappa shape index (κ1) is 27.0. The van der Waals surface area contributed by atoms with Crippen LogP contribution in [0.25, 0.3) is 0 Å². The molecule has 1 saturated heterocycles. The van der Waals surface area contributed by atoms with Crippen molar-refractivity contribution in [3.05, 3.63) is 47.5 Å². The van der Waals surface area contributed by atoms with E-state index in [0.717, 1.165) is 5.56 Å². The zero-order chi connectivity index (χ0) is 25.6. The van der Waals surface area contributed by atoms with E-state index in [2.05, 4.69) is 0 Å². The Labute approximate surface area is 206 Å². The van der Waals surface area contributed by atoms with Crippen molar-refractivity contribution in [3.63, 3.8) is 0 Å². The molecule has 0 amide bonds. The van der Waals surface area contributed by atoms with E-state index in [0.29, 0.717) is 17.9 Å². The Morgan fingerprint density at radius 1 is 0.886 bits per heavy atom. The fourth-order valence-corrected chi connectivity index (χ4v) is 4.77. The first-order valence-corrected chi connectivity index (χ1v) is 11.8. The van der Waals surface area contributed by atoms with Crippen LogP contribution < -0.4 is 9.47 Å². The lowest BCUT2D eigenvalue weighted by Gasteiger charge is -2.46. The van der Waals surface area contributed by atoms with E-state index in [1.807, 2.05) is 20.8 Å². The second-order valence-corrected chi connectivity index (χ2v) is 8.22. The number of aromatic hydroxyl groups is 2. The monoisotopic (exact) mass is 492 g/mol. The molecule has 0 aromatic heterocycles. The fraction of sp³-hybridized carbons (Fsp3) is 0.538. The van der Waals surface area contributed by atoms with Crippen molar-refractivity contribution < 1.29 is 43.7 Å². The van der Waals surface area contributed by atoms with Gasteiger partial charge in [-0.1, -0.05) is 12.1 Å². The van der Waals surface area contributed by atoms with Crippen molar-refractivity contribution in [2.24, 2.45) is 5.92 Å². The largest absolute Gasteiger partial charge is 0.504 e. The number of phenolic OH excluding ortho intramolecular Hbond substituents is 2. The van der Waals surface area contributed by atoms with E-state index in [1.54, 1.807) is 30.3 Å². The van der Waals surface area contributed by atoms with Gasteiger partial charge in [0.25, 0.3) is 0 Å². The number of aliphatic hydroxyl groups is 1. The molecule has 0 bridgehead atoms. The third-order valence-electron chi connectivity index (χ3n) is 6.28. The molecule has 1 heterocycles. The van der Waals surface area contributed by atoms with Crippen molar-refractivity contribution in [2.75, 3.05) is 40.6 Å². The van der Waals surface area contributed by atoms with E-state index >= 15 is 0 Å². The molecular formula is C26H36O9. The maximum Gasteiger partial charge on any atom is 0.314 e. The Bertz CT molecular complexity index is 973. The lowest BCUT2D eigenvalue weighted by Crippen LogP contribution is -2.61. The zero-order valence-electron chi connectivity index (χ0n) is 20.9. The van der Waals surface area contributed by atoms with Gasteiger partial charge < -0.3 is 43.7 Å². The van der Waals surface area contributed by atoms with Gasteiger partial charge in [-0.25, -0.2) is 0 Å². The van der Waals surface area contributed by atoms with Crippen molar-refractivity contribution in [1.29, 1.82) is 0 Å². The van der Waals surface area contributed by atoms with Crippen LogP contribution in [0.2, 0.25) is 0 Å². The Hall–Kier alpha value is -2.56. The molecule has 1 aliphatic heterocycles. The normalized spacial score (nSPS) is 22.2. The summed E-state index contributed by atoms with van der Waals surface area (Å²) >= 11 is 0. The van der Waals surface area contributed by atoms with Crippen LogP contribution in [0.5, 0.6) is 23.0 Å². The summed E-state index contributed by atoms with van der Waals surface area (Å²) in [5, 5.41) is 31.7. The zero-order valence-corrected chi connectivity index (χ0v) is 20.9. The minimum atomic E-state index is -1.59. The van der Waals surface area contributed by atoms with Crippen molar-refractivity contribution in [3.8, 4) is 23.0 Å². The average molecular weight is 493 g/mol. The summed E-state index contributed by atoms with van der Waals surface area (Å²) in [4.78, 5) is 0. The number of methoxy groups -OCH3 is 2. The Balaban J connectivity index is 2.15. The molecule has 0 saturated carbocycles. The van der Waals surface area contributed by atoms with Gasteiger partial charge in [0.15, 0.2) is 28.6 Å². The Morgan fingerprint density at radius 2 is 1.46 bits per heavy atom. The maximum absolute atomic E-state index is 11.6. The topological polar surface area (TPSA) is 116 Å². The van der Waals surface area contributed by atoms with Crippen LogP contribution in [0.4, 0.5) is 0 Å². The standard InChI is InChI=1S/C26H36O9/c1-6-32-25(15-17-9-11-20(27)22(13-17)30-4)19(16-35-26(25,33-7-2)34-8-3)24(29)18-10-12-21(28)23(14-18)31-5/h9-14,19,24,27-29H,6-8,15-16H2,1-5H3. The highest BCUT2D eigenvalue weighted by Crippen LogP contribution is 2.52. The number of hydrogen-bond donors (Lipinski definition) is 3. The average Bonchev–Trinajstić information content (AvgIpc) is 3.13. The summed E-state index contributed by atoms with van der Waals surface area (Å²) in [7, 11) is 2.92. The fourth-order valence-electron chi connectivity index (χ4n) is 4.77. The Kier molecular flexibility index (Phi) is 8.84. The smallest absolute Gasteiger partial charge is 0.314 e. The van der Waals surface area contributed by atoms with Gasteiger partial charge in [-0.05, 0) is 56.2 Å². The lowest BCUT2D eigenvalue weighted by atomic mass is 9.77. The maximum atomic E-state index is 11.6. The molecule has 2 aromatic carbocycles. The number of phenols is 2. The van der Waals surface area contributed by atoms with Crippen LogP contribution in [0, 0.1) is 5.92 Å². The summed E-state index contributed by atoms with van der Waals surface area (Å²) in [6.07, 6.45) is -0.841. The minimum absolute atomic E-state index is 0.0121. The summed E-state index contributed by atoms with van der Waals surface area (Å²) in [6.45, 7) is 6.46. The van der Waals surface area contributed by atoms with E-state index in [9.17, 15) is 15.3 Å². The molecule has 0 radical (unpaired) electrons. The number of rotatable bonds is 12. The highest BCUT2D eigenvalue weighted by molar-refractivity contribution is 5.44. The molecule has 3 N–H and O–H groups in total. The van der Waals surface area contributed by atoms with E-state index in [1.165, 1.54) is 20.3 Å². The van der Waals surface area contributed by atoms with E-state index < -0.39 is 23.6 Å². The molecular weight excluding hydrogens is 456 g/mol. The van der Waals surface area contributed by atoms with Gasteiger partial charge in [-0.15, -0.1) is 0 Å². The SMILES string of the molecule is CCOC1(OCC)OCC(C(O)c2ccc(O)c(OC)c2)C1(Cc1ccc(O)c(OC)c1)OCC. The van der Waals surface area contributed by atoms with E-state index in [4.69, 9.17) is 28.4 Å². The van der Waals surface area contributed by atoms with Crippen LogP contribution in [0.1, 0.15) is 38.0 Å². The van der Waals surface area contributed by atoms with Gasteiger partial charge in [0, 0.05) is 26.2 Å². The summed E-state index contributed by atoms with van der Waals surface area (Å²) < 4.78 is 35.4. The molecule has 194 valence electrons. The van der Waals surface area contributed by atoms with E-state index in [-0.39, 0.29) is 43.5 Å². The summed E-state index contributed by atoms with van der Waals surface area (Å²) in [5.74, 6) is -1.69. The molecule has 35 heavy (non-hydrogen) atoms. The van der Waals surface area contributed by atoms with Crippen LogP contribution in [0.3, 0.4) is 0 Å². The van der Waals surface area contributed by atoms with Gasteiger partial charge in [0.05, 0.1) is 32.8 Å². The number of ether oxygens (including phenoxy) is 6. The predicted octanol–water partition coefficient (Wildman–Crippen LogP) is 3.54. The molecule has 1 aliphatic rings. The van der Waals surface area contributed by atoms with Crippen molar-refractivity contribution in [2.45, 2.75) is 44.9 Å². The highest BCUT2D eigenvalue weighted by Gasteiger charge is 2.67. The van der Waals surface area contributed by atoms with Crippen LogP contribution in [-0.2, 0) is 25.4 Å². The van der Waals surface area contributed by atoms with Crippen molar-refractivity contribution >= 4 is 0 Å². The molecule has 2 aromatic rings. The first-order valence-electron chi connectivity index (χ1n) is 11.8. The third kappa shape index (κ3) is 5.05. The highest BCUT2D eigenvalue weighted by atomic mass is 16.9. The van der Waals surface area contributed by atoms with Crippen molar-refractivity contribution in [1.82, 2.24) is 0 Å². The Morgan fingerprint density at radius 3 is 2.03 bits per heavy atom. The third-order valence-corrected chi connectivity index (χ3v) is 6.28. The van der Waals surface area contributed by atoms with Gasteiger partial charge in [0.1, 0.15) is 0 Å². The summed E-state index contributed by atoms with van der Waals surface area (Å²) in [5.41, 5.74) is 0.00703. The first-order chi connectivity index (χ1) is 16.8. The van der Waals surface area contributed by atoms with Gasteiger partial charge in [-0.2, -0.15) is 0 Å². The molecule has 3 unspecified atom stereocenters. The summed E-state index contributed by atoms with van der Waals surface area (Å²) in [6, 6.07) is 9.70. The van der Waals surface area contributed by atoms with Crippen LogP contribution >= 0.6 is 0 Å². The molecule has 3 rings (SSSR count). The van der Waals surface area contributed by atoms with Gasteiger partial charge in [-0.3, -0.25) is 0 Å². The van der Waals surface area contributed by atoms with Crippen LogP contribution in [0.15, 0.2) is 36.4 Å². The predicted molar refractivity (Wildman–Crippen MR) is 128 cm³/mol. The molecule has 9 nitrogen and oxygen atoms in total. The van der Waals surface area contributed by atoms with Gasteiger partial charge in [0.2, 0.25) is 0 Å². The molecule has 0 spiro atoms. The van der Waals surface area contributed by atoms with Gasteiger partial charge >= 0.3 is 5.97 Å². The number of hydrogen-bond acceptors (Lipinski definition) is 9. The number of benzene rings is 2. The quantitative estimate of drug-likeness (QED) is 0.383. The number of aliphatic hydroxyl groups excluding tert-OH is 1. The second-order valence-electron chi connectivity index (χ2n) is 8.22. The lowest BCUT2D eigenvalue weighted by molar-refractivity contribution is -0.419. The molecule has 9 heteroatoms.